The number of nitrogens with zero attached hydrogens (tertiary/aromatic N) is 2. The second kappa shape index (κ2) is 6.80. The van der Waals surface area contributed by atoms with Crippen molar-refractivity contribution in [3.8, 4) is 0 Å². The van der Waals surface area contributed by atoms with Gasteiger partial charge in [0.15, 0.2) is 0 Å². The van der Waals surface area contributed by atoms with Crippen LogP contribution in [-0.2, 0) is 0 Å². The molecule has 1 aromatic heterocycles. The third-order valence-electron chi connectivity index (χ3n) is 2.13. The lowest BCUT2D eigenvalue weighted by atomic mass is 10.2. The maximum Gasteiger partial charge on any atom is 0.273 e. The quantitative estimate of drug-likeness (QED) is 0.571. The van der Waals surface area contributed by atoms with E-state index in [4.69, 9.17) is 11.6 Å². The van der Waals surface area contributed by atoms with Gasteiger partial charge < -0.3 is 4.90 Å². The minimum atomic E-state index is 0.00197. The molecule has 3 nitrogen and oxygen atoms in total. The van der Waals surface area contributed by atoms with Gasteiger partial charge in [-0.2, -0.15) is 0 Å². The van der Waals surface area contributed by atoms with E-state index in [9.17, 15) is 4.79 Å². The summed E-state index contributed by atoms with van der Waals surface area (Å²) in [7, 11) is 1.81. The third-order valence-corrected chi connectivity index (χ3v) is 2.98. The number of carbonyl (C=O) groups excluding carboxylic acids is 1. The van der Waals surface area contributed by atoms with Crippen molar-refractivity contribution in [3.63, 3.8) is 0 Å². The van der Waals surface area contributed by atoms with Gasteiger partial charge in [0, 0.05) is 24.9 Å². The van der Waals surface area contributed by atoms with Crippen molar-refractivity contribution in [2.24, 2.45) is 0 Å². The number of alkyl halides is 1. The summed E-state index contributed by atoms with van der Waals surface area (Å²) >= 11 is 7.01. The summed E-state index contributed by atoms with van der Waals surface area (Å²) in [6.45, 7) is 0.771. The lowest BCUT2D eigenvalue weighted by molar-refractivity contribution is 0.0788. The molecule has 0 bridgehead atoms. The Morgan fingerprint density at radius 2 is 2.33 bits per heavy atom. The molecule has 0 aliphatic carbocycles. The highest BCUT2D eigenvalue weighted by Crippen LogP contribution is 2.06. The smallest absolute Gasteiger partial charge is 0.273 e. The summed E-state index contributed by atoms with van der Waals surface area (Å²) in [6.07, 6.45) is 3.08. The van der Waals surface area contributed by atoms with Crippen LogP contribution in [-0.4, -0.2) is 35.3 Å². The maximum atomic E-state index is 11.7. The number of hydrogen-bond donors (Lipinski definition) is 0. The molecule has 15 heavy (non-hydrogen) atoms. The van der Waals surface area contributed by atoms with Gasteiger partial charge in [-0.15, -0.1) is 22.9 Å². The zero-order chi connectivity index (χ0) is 11.1. The Bertz CT molecular complexity index is 290. The number of thiazole rings is 1. The van der Waals surface area contributed by atoms with E-state index < -0.39 is 0 Å². The molecule has 0 radical (unpaired) electrons. The zero-order valence-electron chi connectivity index (χ0n) is 8.78. The van der Waals surface area contributed by atoms with Gasteiger partial charge in [0.25, 0.3) is 5.91 Å². The SMILES string of the molecule is CN(CCCCCCl)C(=O)c1cscn1. The summed E-state index contributed by atoms with van der Waals surface area (Å²) in [5, 5.41) is 1.78. The standard InChI is InChI=1S/C10H15ClN2OS/c1-13(6-4-2-3-5-11)10(14)9-7-15-8-12-9/h7-8H,2-6H2,1H3. The number of halogens is 1. The fraction of sp³-hybridized carbons (Fsp3) is 0.600. The number of hydrogen-bond acceptors (Lipinski definition) is 3. The first-order valence-electron chi connectivity index (χ1n) is 4.95. The minimum absolute atomic E-state index is 0.00197. The van der Waals surface area contributed by atoms with E-state index in [2.05, 4.69) is 4.98 Å². The molecule has 1 aromatic rings. The molecular formula is C10H15ClN2OS. The van der Waals surface area contributed by atoms with Crippen molar-refractivity contribution in [1.29, 1.82) is 0 Å². The summed E-state index contributed by atoms with van der Waals surface area (Å²) in [5.41, 5.74) is 2.22. The first-order chi connectivity index (χ1) is 7.25. The van der Waals surface area contributed by atoms with Gasteiger partial charge in [-0.25, -0.2) is 4.98 Å². The lowest BCUT2D eigenvalue weighted by Crippen LogP contribution is -2.27. The van der Waals surface area contributed by atoms with Gasteiger partial charge in [0.2, 0.25) is 0 Å². The molecule has 0 saturated heterocycles. The van der Waals surface area contributed by atoms with Gasteiger partial charge in [0.05, 0.1) is 5.51 Å². The summed E-state index contributed by atoms with van der Waals surface area (Å²) in [6, 6.07) is 0. The average molecular weight is 247 g/mol. The van der Waals surface area contributed by atoms with Crippen LogP contribution in [0.4, 0.5) is 0 Å². The highest BCUT2D eigenvalue weighted by molar-refractivity contribution is 7.07. The topological polar surface area (TPSA) is 33.2 Å². The molecule has 0 saturated carbocycles. The molecule has 0 N–H and O–H groups in total. The van der Waals surface area contributed by atoms with Gasteiger partial charge in [-0.05, 0) is 12.8 Å². The van der Waals surface area contributed by atoms with Gasteiger partial charge in [0.1, 0.15) is 5.69 Å². The van der Waals surface area contributed by atoms with Crippen molar-refractivity contribution in [2.75, 3.05) is 19.5 Å². The fourth-order valence-corrected chi connectivity index (χ4v) is 1.95. The van der Waals surface area contributed by atoms with Crippen molar-refractivity contribution >= 4 is 28.8 Å². The second-order valence-electron chi connectivity index (χ2n) is 3.35. The molecule has 0 atom stereocenters. The van der Waals surface area contributed by atoms with E-state index in [1.807, 2.05) is 7.05 Å². The van der Waals surface area contributed by atoms with Crippen LogP contribution in [0, 0.1) is 0 Å². The average Bonchev–Trinajstić information content (AvgIpc) is 2.76. The van der Waals surface area contributed by atoms with Gasteiger partial charge in [-0.3, -0.25) is 4.79 Å². The maximum absolute atomic E-state index is 11.7. The summed E-state index contributed by atoms with van der Waals surface area (Å²) in [4.78, 5) is 17.4. The van der Waals surface area contributed by atoms with Crippen molar-refractivity contribution < 1.29 is 4.79 Å². The molecule has 0 spiro atoms. The molecular weight excluding hydrogens is 232 g/mol. The van der Waals surface area contributed by atoms with Crippen LogP contribution in [0.5, 0.6) is 0 Å². The molecule has 5 heteroatoms. The molecule has 1 amide bonds. The molecule has 0 unspecified atom stereocenters. The largest absolute Gasteiger partial charge is 0.340 e. The minimum Gasteiger partial charge on any atom is -0.340 e. The molecule has 0 aliphatic rings. The van der Waals surface area contributed by atoms with Crippen LogP contribution in [0.25, 0.3) is 0 Å². The predicted octanol–water partition coefficient (Wildman–Crippen LogP) is 2.62. The second-order valence-corrected chi connectivity index (χ2v) is 4.45. The van der Waals surface area contributed by atoms with E-state index in [0.717, 1.165) is 25.8 Å². The first kappa shape index (κ1) is 12.5. The highest BCUT2D eigenvalue weighted by Gasteiger charge is 2.12. The Hall–Kier alpha value is -0.610. The monoisotopic (exact) mass is 246 g/mol. The molecule has 0 aliphatic heterocycles. The lowest BCUT2D eigenvalue weighted by Gasteiger charge is -2.15. The highest BCUT2D eigenvalue weighted by atomic mass is 35.5. The van der Waals surface area contributed by atoms with E-state index in [0.29, 0.717) is 11.6 Å². The molecule has 0 aromatic carbocycles. The fourth-order valence-electron chi connectivity index (χ4n) is 1.24. The molecule has 1 heterocycles. The zero-order valence-corrected chi connectivity index (χ0v) is 10.4. The van der Waals surface area contributed by atoms with E-state index in [1.54, 1.807) is 15.8 Å². The van der Waals surface area contributed by atoms with Crippen LogP contribution in [0.15, 0.2) is 10.9 Å². The van der Waals surface area contributed by atoms with Crippen LogP contribution in [0.3, 0.4) is 0 Å². The van der Waals surface area contributed by atoms with E-state index in [-0.39, 0.29) is 5.91 Å². The molecule has 84 valence electrons. The van der Waals surface area contributed by atoms with Gasteiger partial charge in [-0.1, -0.05) is 6.42 Å². The Kier molecular flexibility index (Phi) is 5.65. The van der Waals surface area contributed by atoms with Crippen LogP contribution >= 0.6 is 22.9 Å². The third kappa shape index (κ3) is 4.18. The number of amides is 1. The first-order valence-corrected chi connectivity index (χ1v) is 6.43. The van der Waals surface area contributed by atoms with Gasteiger partial charge >= 0.3 is 0 Å². The molecule has 0 fully saturated rings. The van der Waals surface area contributed by atoms with Crippen molar-refractivity contribution in [2.45, 2.75) is 19.3 Å². The Balaban J connectivity index is 2.28. The molecule has 1 rings (SSSR count). The van der Waals surface area contributed by atoms with Crippen molar-refractivity contribution in [3.05, 3.63) is 16.6 Å². The Morgan fingerprint density at radius 3 is 2.93 bits per heavy atom. The number of unbranched alkanes of at least 4 members (excludes halogenated alkanes) is 2. The summed E-state index contributed by atoms with van der Waals surface area (Å²) < 4.78 is 0. The van der Waals surface area contributed by atoms with Crippen molar-refractivity contribution in [1.82, 2.24) is 9.88 Å². The Labute approximate surface area is 99.1 Å². The Morgan fingerprint density at radius 1 is 1.53 bits per heavy atom. The number of carbonyl (C=O) groups is 1. The predicted molar refractivity (Wildman–Crippen MR) is 63.6 cm³/mol. The summed E-state index contributed by atoms with van der Waals surface area (Å²) in [5.74, 6) is 0.700. The van der Waals surface area contributed by atoms with Crippen LogP contribution < -0.4 is 0 Å². The van der Waals surface area contributed by atoms with Crippen LogP contribution in [0.1, 0.15) is 29.8 Å². The number of aromatic nitrogens is 1. The number of rotatable bonds is 6. The van der Waals surface area contributed by atoms with Crippen LogP contribution in [0.2, 0.25) is 0 Å². The van der Waals surface area contributed by atoms with E-state index in [1.165, 1.54) is 11.3 Å². The van der Waals surface area contributed by atoms with E-state index >= 15 is 0 Å². The normalized spacial score (nSPS) is 10.3.